The van der Waals surface area contributed by atoms with Crippen LogP contribution in [0.5, 0.6) is 11.5 Å². The monoisotopic (exact) mass is 558 g/mol. The summed E-state index contributed by atoms with van der Waals surface area (Å²) in [4.78, 5) is 0. The first-order valence-corrected chi connectivity index (χ1v) is 14.2. The Morgan fingerprint density at radius 3 is 2.13 bits per heavy atom. The second-order valence-corrected chi connectivity index (χ2v) is 11.1. The van der Waals surface area contributed by atoms with Crippen LogP contribution in [0.1, 0.15) is 71.1 Å². The van der Waals surface area contributed by atoms with Gasteiger partial charge in [-0.2, -0.15) is 17.6 Å². The van der Waals surface area contributed by atoms with E-state index in [9.17, 15) is 22.0 Å². The molecule has 218 valence electrons. The van der Waals surface area contributed by atoms with E-state index in [0.717, 1.165) is 63.9 Å². The lowest BCUT2D eigenvalue weighted by atomic mass is 9.78. The Kier molecular flexibility index (Phi) is 10.7. The first kappa shape index (κ1) is 29.8. The van der Waals surface area contributed by atoms with Crippen LogP contribution in [0.15, 0.2) is 42.7 Å². The summed E-state index contributed by atoms with van der Waals surface area (Å²) >= 11 is 0. The number of ether oxygens (including phenoxy) is 4. The molecule has 1 aromatic rings. The van der Waals surface area contributed by atoms with E-state index in [1.165, 1.54) is 0 Å². The Bertz CT molecular complexity index is 956. The van der Waals surface area contributed by atoms with Gasteiger partial charge in [0.25, 0.3) is 0 Å². The van der Waals surface area contributed by atoms with E-state index < -0.39 is 29.7 Å². The summed E-state index contributed by atoms with van der Waals surface area (Å²) in [6.07, 6.45) is 7.36. The van der Waals surface area contributed by atoms with Gasteiger partial charge in [0.2, 0.25) is 0 Å². The van der Waals surface area contributed by atoms with Crippen molar-refractivity contribution in [2.24, 2.45) is 29.6 Å². The van der Waals surface area contributed by atoms with Gasteiger partial charge in [-0.25, -0.2) is 4.39 Å². The van der Waals surface area contributed by atoms with Crippen LogP contribution in [0.2, 0.25) is 0 Å². The van der Waals surface area contributed by atoms with E-state index in [1.807, 2.05) is 0 Å². The maximum atomic E-state index is 14.8. The van der Waals surface area contributed by atoms with Gasteiger partial charge in [-0.3, -0.25) is 0 Å². The van der Waals surface area contributed by atoms with E-state index in [4.69, 9.17) is 14.2 Å². The zero-order chi connectivity index (χ0) is 27.8. The van der Waals surface area contributed by atoms with Crippen molar-refractivity contribution in [1.29, 1.82) is 0 Å². The molecule has 3 aliphatic rings. The standard InChI is InChI=1S/C30H39F5O4/c1-2-3-22-17-37-29(38-18-22)23-10-6-20(7-11-23)4-5-21-8-12-24(13-9-21)30(34,35)39-25-14-15-27(26(31)16-25)36-19-28(32)33/h4-5,14-16,19-24,29H,2-3,6-13,17-18H2,1H3. The van der Waals surface area contributed by atoms with Crippen molar-refractivity contribution in [3.63, 3.8) is 0 Å². The Morgan fingerprint density at radius 2 is 1.56 bits per heavy atom. The third-order valence-corrected chi connectivity index (χ3v) is 8.23. The fourth-order valence-corrected chi connectivity index (χ4v) is 5.97. The molecule has 3 fully saturated rings. The van der Waals surface area contributed by atoms with Crippen molar-refractivity contribution in [3.8, 4) is 11.5 Å². The van der Waals surface area contributed by atoms with E-state index in [0.29, 0.717) is 49.5 Å². The molecule has 0 aromatic heterocycles. The summed E-state index contributed by atoms with van der Waals surface area (Å²) in [5, 5.41) is 0. The van der Waals surface area contributed by atoms with E-state index in [-0.39, 0.29) is 24.2 Å². The fraction of sp³-hybridized carbons (Fsp3) is 0.667. The Morgan fingerprint density at radius 1 is 0.949 bits per heavy atom. The molecule has 1 heterocycles. The minimum atomic E-state index is -3.47. The number of allylic oxidation sites excluding steroid dienone is 2. The highest BCUT2D eigenvalue weighted by molar-refractivity contribution is 5.33. The summed E-state index contributed by atoms with van der Waals surface area (Å²) < 4.78 is 89.2. The van der Waals surface area contributed by atoms with Gasteiger partial charge in [0.15, 0.2) is 24.1 Å². The predicted molar refractivity (Wildman–Crippen MR) is 137 cm³/mol. The summed E-state index contributed by atoms with van der Waals surface area (Å²) in [5.74, 6) is -1.21. The molecule has 1 saturated heterocycles. The summed E-state index contributed by atoms with van der Waals surface area (Å²) in [7, 11) is 0. The Labute approximate surface area is 227 Å². The molecule has 0 amide bonds. The van der Waals surface area contributed by atoms with Crippen LogP contribution in [-0.2, 0) is 9.47 Å². The molecule has 4 nitrogen and oxygen atoms in total. The molecule has 1 aliphatic heterocycles. The van der Waals surface area contributed by atoms with Crippen molar-refractivity contribution >= 4 is 0 Å². The van der Waals surface area contributed by atoms with Gasteiger partial charge < -0.3 is 18.9 Å². The van der Waals surface area contributed by atoms with Crippen molar-refractivity contribution in [3.05, 3.63) is 48.5 Å². The largest absolute Gasteiger partial charge is 0.456 e. The summed E-state index contributed by atoms with van der Waals surface area (Å²) in [6, 6.07) is 2.77. The molecule has 0 unspecified atom stereocenters. The van der Waals surface area contributed by atoms with Gasteiger partial charge in [0.05, 0.1) is 19.1 Å². The van der Waals surface area contributed by atoms with Crippen LogP contribution in [-0.4, -0.2) is 25.6 Å². The van der Waals surface area contributed by atoms with E-state index in [1.54, 1.807) is 0 Å². The smallest absolute Gasteiger partial charge is 0.400 e. The second-order valence-electron chi connectivity index (χ2n) is 11.1. The first-order chi connectivity index (χ1) is 18.7. The van der Waals surface area contributed by atoms with Crippen LogP contribution in [0.25, 0.3) is 0 Å². The SMILES string of the molecule is CCCC1COC(C2CCC(C=CC3CCC(C(F)(F)Oc4ccc(OC=C(F)F)c(F)c4)CC3)CC2)OC1. The first-order valence-electron chi connectivity index (χ1n) is 14.2. The average Bonchev–Trinajstić information content (AvgIpc) is 2.92. The van der Waals surface area contributed by atoms with Gasteiger partial charge in [0, 0.05) is 17.9 Å². The van der Waals surface area contributed by atoms with Gasteiger partial charge in [-0.05, 0) is 81.8 Å². The Balaban J connectivity index is 1.18. The van der Waals surface area contributed by atoms with Crippen LogP contribution in [0, 0.1) is 35.4 Å². The van der Waals surface area contributed by atoms with Crippen molar-refractivity contribution in [2.75, 3.05) is 13.2 Å². The third kappa shape index (κ3) is 8.68. The van der Waals surface area contributed by atoms with Gasteiger partial charge >= 0.3 is 12.2 Å². The van der Waals surface area contributed by atoms with E-state index in [2.05, 4.69) is 23.8 Å². The van der Waals surface area contributed by atoms with Gasteiger partial charge in [-0.15, -0.1) is 0 Å². The molecular formula is C30H39F5O4. The molecule has 0 atom stereocenters. The lowest BCUT2D eigenvalue weighted by molar-refractivity contribution is -0.229. The molecule has 4 rings (SSSR count). The van der Waals surface area contributed by atoms with Crippen molar-refractivity contribution in [1.82, 2.24) is 0 Å². The normalized spacial score (nSPS) is 30.2. The molecule has 0 radical (unpaired) electrons. The molecule has 0 spiro atoms. The van der Waals surface area contributed by atoms with Crippen LogP contribution >= 0.6 is 0 Å². The molecule has 1 aromatic carbocycles. The number of rotatable bonds is 10. The highest BCUT2D eigenvalue weighted by Gasteiger charge is 2.44. The highest BCUT2D eigenvalue weighted by Crippen LogP contribution is 2.41. The molecule has 0 N–H and O–H groups in total. The topological polar surface area (TPSA) is 36.9 Å². The lowest BCUT2D eigenvalue weighted by Gasteiger charge is -2.37. The molecule has 0 bridgehead atoms. The minimum Gasteiger partial charge on any atom is -0.456 e. The number of alkyl halides is 2. The number of benzene rings is 1. The molecule has 39 heavy (non-hydrogen) atoms. The summed E-state index contributed by atoms with van der Waals surface area (Å²) in [5.41, 5.74) is 0. The molecule has 2 saturated carbocycles. The summed E-state index contributed by atoms with van der Waals surface area (Å²) in [6.45, 7) is 3.78. The molecular weight excluding hydrogens is 519 g/mol. The lowest BCUT2D eigenvalue weighted by Crippen LogP contribution is -2.38. The highest BCUT2D eigenvalue weighted by atomic mass is 19.3. The number of halogens is 5. The van der Waals surface area contributed by atoms with Gasteiger partial charge in [-0.1, -0.05) is 25.5 Å². The quantitative estimate of drug-likeness (QED) is 0.163. The zero-order valence-electron chi connectivity index (χ0n) is 22.4. The average molecular weight is 559 g/mol. The number of hydrogen-bond acceptors (Lipinski definition) is 4. The van der Waals surface area contributed by atoms with Crippen molar-refractivity contribution < 1.29 is 40.9 Å². The second kappa shape index (κ2) is 14.0. The van der Waals surface area contributed by atoms with Crippen LogP contribution < -0.4 is 9.47 Å². The van der Waals surface area contributed by atoms with Gasteiger partial charge in [0.1, 0.15) is 5.75 Å². The maximum Gasteiger partial charge on any atom is 0.400 e. The number of hydrogen-bond donors (Lipinski definition) is 0. The Hall–Kier alpha value is -2.13. The molecule has 9 heteroatoms. The third-order valence-electron chi connectivity index (χ3n) is 8.23. The van der Waals surface area contributed by atoms with Crippen LogP contribution in [0.3, 0.4) is 0 Å². The molecule has 2 aliphatic carbocycles. The predicted octanol–water partition coefficient (Wildman–Crippen LogP) is 8.87. The van der Waals surface area contributed by atoms with Crippen molar-refractivity contribution in [2.45, 2.75) is 83.5 Å². The zero-order valence-corrected chi connectivity index (χ0v) is 22.4. The fourth-order valence-electron chi connectivity index (χ4n) is 5.97. The maximum absolute atomic E-state index is 14.8. The van der Waals surface area contributed by atoms with Crippen LogP contribution in [0.4, 0.5) is 22.0 Å². The minimum absolute atomic E-state index is 0.0759. The van der Waals surface area contributed by atoms with E-state index >= 15 is 0 Å².